The predicted molar refractivity (Wildman–Crippen MR) is 72.6 cm³/mol. The molecule has 0 aromatic rings. The van der Waals surface area contributed by atoms with E-state index in [-0.39, 0.29) is 5.48 Å². The Kier molecular flexibility index (Phi) is 5.10. The lowest BCUT2D eigenvalue weighted by molar-refractivity contribution is -0.0149. The third-order valence-electron chi connectivity index (χ3n) is 2.97. The molecule has 2 rings (SSSR count). The van der Waals surface area contributed by atoms with Gasteiger partial charge >= 0.3 is 10.4 Å². The Hall–Kier alpha value is -1.20. The van der Waals surface area contributed by atoms with E-state index in [9.17, 15) is 8.42 Å². The molecular formula is C10H20N4O5S. The van der Waals surface area contributed by atoms with E-state index >= 15 is 0 Å². The number of hydrogen-bond donors (Lipinski definition) is 2. The number of hydroxylamine groups is 2. The highest BCUT2D eigenvalue weighted by atomic mass is 32.3. The summed E-state index contributed by atoms with van der Waals surface area (Å²) in [5.74, 6) is 1.70. The Bertz CT molecular complexity index is 512. The zero-order valence-electron chi connectivity index (χ0n) is 11.4. The Morgan fingerprint density at radius 3 is 2.60 bits per heavy atom. The van der Waals surface area contributed by atoms with Crippen LogP contribution >= 0.6 is 0 Å². The molecular weight excluding hydrogens is 288 g/mol. The van der Waals surface area contributed by atoms with Crippen LogP contribution in [0.15, 0.2) is 16.9 Å². The van der Waals surface area contributed by atoms with E-state index in [1.807, 2.05) is 0 Å². The molecule has 5 N–H and O–H groups in total. The van der Waals surface area contributed by atoms with Crippen LogP contribution in [0.25, 0.3) is 0 Å². The van der Waals surface area contributed by atoms with Crippen molar-refractivity contribution in [2.75, 3.05) is 13.1 Å². The molecule has 2 heterocycles. The van der Waals surface area contributed by atoms with E-state index in [0.717, 1.165) is 24.0 Å². The first-order chi connectivity index (χ1) is 8.80. The van der Waals surface area contributed by atoms with Crippen LogP contribution in [0.1, 0.15) is 20.3 Å². The minimum absolute atomic E-state index is 0. The molecule has 0 aliphatic carbocycles. The van der Waals surface area contributed by atoms with Crippen LogP contribution in [-0.2, 0) is 14.7 Å². The summed E-state index contributed by atoms with van der Waals surface area (Å²) in [7, 11) is -4.62. The van der Waals surface area contributed by atoms with Crippen molar-refractivity contribution in [1.82, 2.24) is 9.96 Å². The molecule has 0 amide bonds. The summed E-state index contributed by atoms with van der Waals surface area (Å²) < 4.78 is 34.7. The van der Waals surface area contributed by atoms with Gasteiger partial charge in [-0.15, -0.1) is 4.28 Å². The average molecular weight is 308 g/mol. The summed E-state index contributed by atoms with van der Waals surface area (Å²) in [4.78, 5) is 6.38. The van der Waals surface area contributed by atoms with Gasteiger partial charge in [-0.1, -0.05) is 13.8 Å². The van der Waals surface area contributed by atoms with Crippen LogP contribution in [0.2, 0.25) is 0 Å². The second kappa shape index (κ2) is 6.06. The zero-order chi connectivity index (χ0) is 14.2. The molecule has 2 aliphatic heterocycles. The van der Waals surface area contributed by atoms with E-state index in [1.165, 1.54) is 0 Å². The quantitative estimate of drug-likeness (QED) is 0.641. The van der Waals surface area contributed by atoms with Gasteiger partial charge in [0.05, 0.1) is 0 Å². The SMILES string of the molecule is CCC1=NC(N2CC(C)C2)=CC(N)N1OS(=O)(=O)O.O. The van der Waals surface area contributed by atoms with Gasteiger partial charge in [0, 0.05) is 19.5 Å². The maximum atomic E-state index is 10.8. The maximum Gasteiger partial charge on any atom is 0.418 e. The van der Waals surface area contributed by atoms with Gasteiger partial charge < -0.3 is 16.1 Å². The molecule has 0 aromatic heterocycles. The zero-order valence-corrected chi connectivity index (χ0v) is 12.2. The molecule has 1 unspecified atom stereocenters. The van der Waals surface area contributed by atoms with Gasteiger partial charge in [-0.3, -0.25) is 4.55 Å². The summed E-state index contributed by atoms with van der Waals surface area (Å²) in [6, 6.07) is 0. The summed E-state index contributed by atoms with van der Waals surface area (Å²) >= 11 is 0. The maximum absolute atomic E-state index is 10.8. The lowest BCUT2D eigenvalue weighted by Gasteiger charge is -2.41. The number of hydrogen-bond acceptors (Lipinski definition) is 7. The molecule has 2 aliphatic rings. The number of amidine groups is 1. The first-order valence-electron chi connectivity index (χ1n) is 6.06. The highest BCUT2D eigenvalue weighted by molar-refractivity contribution is 7.80. The molecule has 0 bridgehead atoms. The third kappa shape index (κ3) is 3.67. The van der Waals surface area contributed by atoms with E-state index in [0.29, 0.717) is 18.2 Å². The fourth-order valence-corrected chi connectivity index (χ4v) is 2.49. The summed E-state index contributed by atoms with van der Waals surface area (Å²) in [6.45, 7) is 5.74. The van der Waals surface area contributed by atoms with Gasteiger partial charge in [-0.2, -0.15) is 13.5 Å². The molecule has 0 saturated carbocycles. The van der Waals surface area contributed by atoms with Crippen LogP contribution in [0, 0.1) is 5.92 Å². The first kappa shape index (κ1) is 16.9. The lowest BCUT2D eigenvalue weighted by Crippen LogP contribution is -2.51. The van der Waals surface area contributed by atoms with Crippen molar-refractivity contribution in [1.29, 1.82) is 0 Å². The van der Waals surface area contributed by atoms with Crippen LogP contribution in [-0.4, -0.2) is 53.5 Å². The Balaban J connectivity index is 0.00000200. The van der Waals surface area contributed by atoms with Gasteiger partial charge in [0.15, 0.2) is 0 Å². The van der Waals surface area contributed by atoms with Crippen molar-refractivity contribution in [3.8, 4) is 0 Å². The van der Waals surface area contributed by atoms with Crippen molar-refractivity contribution in [3.05, 3.63) is 11.9 Å². The lowest BCUT2D eigenvalue weighted by atomic mass is 10.0. The summed E-state index contributed by atoms with van der Waals surface area (Å²) in [5.41, 5.74) is 5.84. The van der Waals surface area contributed by atoms with Crippen molar-refractivity contribution >= 4 is 16.2 Å². The average Bonchev–Trinajstić information content (AvgIpc) is 2.26. The Labute approximate surface area is 117 Å². The third-order valence-corrected chi connectivity index (χ3v) is 3.32. The molecule has 1 saturated heterocycles. The van der Waals surface area contributed by atoms with E-state index in [2.05, 4.69) is 21.1 Å². The largest absolute Gasteiger partial charge is 0.418 e. The molecule has 0 aromatic carbocycles. The van der Waals surface area contributed by atoms with Crippen molar-refractivity contribution in [2.45, 2.75) is 26.4 Å². The molecule has 20 heavy (non-hydrogen) atoms. The van der Waals surface area contributed by atoms with Crippen molar-refractivity contribution in [2.24, 2.45) is 16.6 Å². The molecule has 1 atom stereocenters. The fraction of sp³-hybridized carbons (Fsp3) is 0.700. The fourth-order valence-electron chi connectivity index (χ4n) is 2.10. The van der Waals surface area contributed by atoms with Crippen LogP contribution in [0.3, 0.4) is 0 Å². The summed E-state index contributed by atoms with van der Waals surface area (Å²) in [5, 5.41) is 0.905. The topological polar surface area (TPSA) is 140 Å². The molecule has 9 nitrogen and oxygen atoms in total. The second-order valence-electron chi connectivity index (χ2n) is 4.74. The van der Waals surface area contributed by atoms with Crippen molar-refractivity contribution < 1.29 is 22.7 Å². The van der Waals surface area contributed by atoms with Crippen molar-refractivity contribution in [3.63, 3.8) is 0 Å². The number of likely N-dealkylation sites (tertiary alicyclic amines) is 1. The van der Waals surface area contributed by atoms with Gasteiger partial charge in [0.2, 0.25) is 0 Å². The van der Waals surface area contributed by atoms with E-state index in [4.69, 9.17) is 10.3 Å². The smallest absolute Gasteiger partial charge is 0.412 e. The summed E-state index contributed by atoms with van der Waals surface area (Å²) in [6.07, 6.45) is 1.24. The van der Waals surface area contributed by atoms with E-state index in [1.54, 1.807) is 13.0 Å². The highest BCUT2D eigenvalue weighted by Crippen LogP contribution is 2.25. The standard InChI is InChI=1S/C10H18N4O4S.H2O/c1-3-9-12-10(13-5-7(2)6-13)4-8(11)14(9)18-19(15,16)17;/h4,7-8H,3,5-6,11H2,1-2H3,(H,15,16,17);1H2. The first-order valence-corrected chi connectivity index (χ1v) is 7.43. The second-order valence-corrected chi connectivity index (χ2v) is 5.74. The molecule has 116 valence electrons. The van der Waals surface area contributed by atoms with E-state index < -0.39 is 16.6 Å². The van der Waals surface area contributed by atoms with Crippen LogP contribution in [0.5, 0.6) is 0 Å². The minimum Gasteiger partial charge on any atom is -0.412 e. The highest BCUT2D eigenvalue weighted by Gasteiger charge is 2.31. The number of rotatable bonds is 4. The minimum atomic E-state index is -4.62. The monoisotopic (exact) mass is 308 g/mol. The molecule has 0 radical (unpaired) electrons. The number of nitrogens with zero attached hydrogens (tertiary/aromatic N) is 3. The normalized spacial score (nSPS) is 23.7. The predicted octanol–water partition coefficient (Wildman–Crippen LogP) is -0.902. The Morgan fingerprint density at radius 1 is 1.55 bits per heavy atom. The van der Waals surface area contributed by atoms with Gasteiger partial charge in [0.25, 0.3) is 0 Å². The number of aliphatic imine (C=N–C) groups is 1. The van der Waals surface area contributed by atoms with Gasteiger partial charge in [-0.25, -0.2) is 4.99 Å². The molecule has 10 heteroatoms. The number of nitrogens with two attached hydrogens (primary N) is 1. The molecule has 1 fully saturated rings. The van der Waals surface area contributed by atoms with Gasteiger partial charge in [-0.05, 0) is 12.0 Å². The van der Waals surface area contributed by atoms with Crippen LogP contribution < -0.4 is 5.73 Å². The van der Waals surface area contributed by atoms with Gasteiger partial charge in [0.1, 0.15) is 17.8 Å². The Morgan fingerprint density at radius 2 is 2.15 bits per heavy atom. The van der Waals surface area contributed by atoms with Crippen LogP contribution in [0.4, 0.5) is 0 Å². The molecule has 0 spiro atoms.